The summed E-state index contributed by atoms with van der Waals surface area (Å²) in [5.74, 6) is -0.0540. The van der Waals surface area contributed by atoms with Gasteiger partial charge in [-0.1, -0.05) is 12.1 Å². The van der Waals surface area contributed by atoms with Gasteiger partial charge >= 0.3 is 0 Å². The molecule has 3 aromatic rings. The van der Waals surface area contributed by atoms with Gasteiger partial charge in [0.15, 0.2) is 0 Å². The second-order valence-electron chi connectivity index (χ2n) is 6.42. The van der Waals surface area contributed by atoms with Gasteiger partial charge in [-0.25, -0.2) is 0 Å². The van der Waals surface area contributed by atoms with E-state index in [0.29, 0.717) is 17.8 Å². The van der Waals surface area contributed by atoms with Gasteiger partial charge < -0.3 is 15.3 Å². The number of pyridine rings is 2. The molecule has 0 aliphatic rings. The zero-order valence-corrected chi connectivity index (χ0v) is 14.9. The second-order valence-corrected chi connectivity index (χ2v) is 6.42. The molecule has 2 aromatic heterocycles. The van der Waals surface area contributed by atoms with Crippen molar-refractivity contribution in [2.24, 2.45) is 0 Å². The summed E-state index contributed by atoms with van der Waals surface area (Å²) in [6, 6.07) is 10.9. The Morgan fingerprint density at radius 2 is 2.00 bits per heavy atom. The number of aromatic nitrogens is 2. The highest BCUT2D eigenvalue weighted by atomic mass is 16.3. The quantitative estimate of drug-likeness (QED) is 0.668. The Morgan fingerprint density at radius 1 is 1.15 bits per heavy atom. The number of nitrogens with zero attached hydrogens (tertiary/aromatic N) is 3. The monoisotopic (exact) mass is 350 g/mol. The summed E-state index contributed by atoms with van der Waals surface area (Å²) in [7, 11) is 4.01. The summed E-state index contributed by atoms with van der Waals surface area (Å²) in [5.41, 5.74) is 2.60. The van der Waals surface area contributed by atoms with E-state index >= 15 is 0 Å². The summed E-state index contributed by atoms with van der Waals surface area (Å²) in [6.45, 7) is 1.54. The van der Waals surface area contributed by atoms with Gasteiger partial charge in [-0.3, -0.25) is 14.8 Å². The highest BCUT2D eigenvalue weighted by molar-refractivity contribution is 5.93. The standard InChI is InChI=1S/C20H22N4O2/c1-24(2)10-4-9-22-20(26)17-7-6-15(13-23-17)16-11-14-5-3-8-21-19(14)18(25)12-16/h3,5-8,11-13,25H,4,9-10H2,1-2H3,(H,22,26). The number of hydrogen-bond acceptors (Lipinski definition) is 5. The smallest absolute Gasteiger partial charge is 0.269 e. The Hall–Kier alpha value is -2.99. The van der Waals surface area contributed by atoms with Crippen LogP contribution >= 0.6 is 0 Å². The van der Waals surface area contributed by atoms with Crippen LogP contribution in [0.2, 0.25) is 0 Å². The Kier molecular flexibility index (Phi) is 5.43. The maximum atomic E-state index is 12.1. The topological polar surface area (TPSA) is 78.4 Å². The van der Waals surface area contributed by atoms with E-state index in [1.165, 1.54) is 0 Å². The third-order valence-corrected chi connectivity index (χ3v) is 4.08. The molecule has 0 radical (unpaired) electrons. The van der Waals surface area contributed by atoms with Gasteiger partial charge in [0, 0.05) is 29.9 Å². The van der Waals surface area contributed by atoms with Gasteiger partial charge in [0.05, 0.1) is 0 Å². The lowest BCUT2D eigenvalue weighted by Crippen LogP contribution is -2.27. The first-order chi connectivity index (χ1) is 12.5. The van der Waals surface area contributed by atoms with Crippen molar-refractivity contribution in [3.05, 3.63) is 54.5 Å². The maximum absolute atomic E-state index is 12.1. The number of phenols is 1. The highest BCUT2D eigenvalue weighted by Gasteiger charge is 2.09. The van der Waals surface area contributed by atoms with Crippen LogP contribution in [0.15, 0.2) is 48.8 Å². The van der Waals surface area contributed by atoms with Crippen molar-refractivity contribution in [1.82, 2.24) is 20.2 Å². The molecule has 0 spiro atoms. The predicted octanol–water partition coefficient (Wildman–Crippen LogP) is 2.68. The van der Waals surface area contributed by atoms with Crippen molar-refractivity contribution in [2.75, 3.05) is 27.2 Å². The Bertz CT molecular complexity index is 907. The van der Waals surface area contributed by atoms with E-state index in [2.05, 4.69) is 20.2 Å². The lowest BCUT2D eigenvalue weighted by atomic mass is 10.0. The summed E-state index contributed by atoms with van der Waals surface area (Å²) in [5, 5.41) is 13.9. The molecular weight excluding hydrogens is 328 g/mol. The lowest BCUT2D eigenvalue weighted by Gasteiger charge is -2.10. The number of fused-ring (bicyclic) bond motifs is 1. The number of benzene rings is 1. The number of aromatic hydroxyl groups is 1. The van der Waals surface area contributed by atoms with Crippen molar-refractivity contribution >= 4 is 16.8 Å². The lowest BCUT2D eigenvalue weighted by molar-refractivity contribution is 0.0947. The van der Waals surface area contributed by atoms with Gasteiger partial charge in [0.2, 0.25) is 0 Å². The van der Waals surface area contributed by atoms with Crippen molar-refractivity contribution in [3.63, 3.8) is 0 Å². The number of rotatable bonds is 6. The molecule has 2 heterocycles. The van der Waals surface area contributed by atoms with Crippen LogP contribution in [0.1, 0.15) is 16.9 Å². The first-order valence-electron chi connectivity index (χ1n) is 8.51. The molecule has 0 atom stereocenters. The number of amides is 1. The molecule has 6 nitrogen and oxygen atoms in total. The molecule has 0 bridgehead atoms. The molecule has 0 unspecified atom stereocenters. The largest absolute Gasteiger partial charge is 0.506 e. The minimum absolute atomic E-state index is 0.126. The second kappa shape index (κ2) is 7.93. The van der Waals surface area contributed by atoms with Crippen molar-refractivity contribution < 1.29 is 9.90 Å². The molecule has 134 valence electrons. The zero-order valence-electron chi connectivity index (χ0n) is 14.9. The van der Waals surface area contributed by atoms with E-state index in [1.54, 1.807) is 24.5 Å². The van der Waals surface area contributed by atoms with E-state index < -0.39 is 0 Å². The number of carbonyl (C=O) groups excluding carboxylic acids is 1. The average molecular weight is 350 g/mol. The number of hydrogen-bond donors (Lipinski definition) is 2. The van der Waals surface area contributed by atoms with Crippen molar-refractivity contribution in [2.45, 2.75) is 6.42 Å². The van der Waals surface area contributed by atoms with Crippen LogP contribution in [0.25, 0.3) is 22.0 Å². The van der Waals surface area contributed by atoms with Gasteiger partial charge in [0.1, 0.15) is 17.0 Å². The van der Waals surface area contributed by atoms with Gasteiger partial charge in [-0.05, 0) is 56.9 Å². The third-order valence-electron chi connectivity index (χ3n) is 4.08. The summed E-state index contributed by atoms with van der Waals surface area (Å²) in [6.07, 6.45) is 4.18. The predicted molar refractivity (Wildman–Crippen MR) is 102 cm³/mol. The molecule has 0 saturated heterocycles. The highest BCUT2D eigenvalue weighted by Crippen LogP contribution is 2.30. The molecule has 6 heteroatoms. The van der Waals surface area contributed by atoms with Gasteiger partial charge in [0.25, 0.3) is 5.91 Å². The molecule has 0 saturated carbocycles. The SMILES string of the molecule is CN(C)CCCNC(=O)c1ccc(-c2cc(O)c3ncccc3c2)cn1. The molecule has 0 aliphatic heterocycles. The van der Waals surface area contributed by atoms with Crippen molar-refractivity contribution in [1.29, 1.82) is 0 Å². The molecule has 3 rings (SSSR count). The molecule has 0 fully saturated rings. The van der Waals surface area contributed by atoms with Crippen LogP contribution in [0, 0.1) is 0 Å². The fraction of sp³-hybridized carbons (Fsp3) is 0.250. The van der Waals surface area contributed by atoms with E-state index in [-0.39, 0.29) is 11.7 Å². The first kappa shape index (κ1) is 17.8. The van der Waals surface area contributed by atoms with Gasteiger partial charge in [-0.15, -0.1) is 0 Å². The van der Waals surface area contributed by atoms with E-state index in [0.717, 1.165) is 29.5 Å². The summed E-state index contributed by atoms with van der Waals surface area (Å²) < 4.78 is 0. The Morgan fingerprint density at radius 3 is 2.73 bits per heavy atom. The normalized spacial score (nSPS) is 11.0. The number of carbonyl (C=O) groups is 1. The fourth-order valence-electron chi connectivity index (χ4n) is 2.73. The van der Waals surface area contributed by atoms with Crippen LogP contribution in [0.3, 0.4) is 0 Å². The molecule has 0 aliphatic carbocycles. The summed E-state index contributed by atoms with van der Waals surface area (Å²) >= 11 is 0. The minimum atomic E-state index is -0.180. The summed E-state index contributed by atoms with van der Waals surface area (Å²) in [4.78, 5) is 22.6. The van der Waals surface area contributed by atoms with Crippen LogP contribution < -0.4 is 5.32 Å². The van der Waals surface area contributed by atoms with Crippen LogP contribution in [0.4, 0.5) is 0 Å². The zero-order chi connectivity index (χ0) is 18.5. The molecule has 1 aromatic carbocycles. The van der Waals surface area contributed by atoms with Crippen molar-refractivity contribution in [3.8, 4) is 16.9 Å². The molecule has 2 N–H and O–H groups in total. The molecule has 1 amide bonds. The van der Waals surface area contributed by atoms with Gasteiger partial charge in [-0.2, -0.15) is 0 Å². The van der Waals surface area contributed by atoms with E-state index in [1.807, 2.05) is 38.4 Å². The first-order valence-corrected chi connectivity index (χ1v) is 8.51. The van der Waals surface area contributed by atoms with Crippen LogP contribution in [-0.2, 0) is 0 Å². The average Bonchev–Trinajstić information content (AvgIpc) is 2.65. The maximum Gasteiger partial charge on any atom is 0.269 e. The third kappa shape index (κ3) is 4.15. The minimum Gasteiger partial charge on any atom is -0.506 e. The van der Waals surface area contributed by atoms with E-state index in [4.69, 9.17) is 0 Å². The Labute approximate surface area is 152 Å². The van der Waals surface area contributed by atoms with Crippen LogP contribution in [0.5, 0.6) is 5.75 Å². The molecular formula is C20H22N4O2. The Balaban J connectivity index is 1.72. The number of nitrogens with one attached hydrogen (secondary N) is 1. The van der Waals surface area contributed by atoms with E-state index in [9.17, 15) is 9.90 Å². The fourth-order valence-corrected chi connectivity index (χ4v) is 2.73. The number of phenolic OH excluding ortho intramolecular Hbond substituents is 1. The molecule has 26 heavy (non-hydrogen) atoms. The van der Waals surface area contributed by atoms with Crippen LogP contribution in [-0.4, -0.2) is 53.1 Å².